The van der Waals surface area contributed by atoms with Crippen molar-refractivity contribution >= 4 is 21.6 Å². The average molecular weight is 467 g/mol. The van der Waals surface area contributed by atoms with E-state index in [1.807, 2.05) is 24.3 Å². The Hall–Kier alpha value is -3.36. The standard InChI is InChI=1S/C25H26N2O5S/c1-26(21-11-12-23(31-2)24(16-21)32-3)25(28)19-9-6-10-22(15-19)33(29,30)27-14-13-18-7-4-5-8-20(18)17-27/h4-12,15-16H,13-14,17H2,1-3H3. The van der Waals surface area contributed by atoms with Crippen molar-refractivity contribution in [2.75, 3.05) is 32.7 Å². The molecule has 1 aliphatic heterocycles. The second kappa shape index (κ2) is 9.25. The molecule has 3 aromatic rings. The van der Waals surface area contributed by atoms with Crippen LogP contribution in [0, 0.1) is 0 Å². The number of anilines is 1. The Morgan fingerprint density at radius 1 is 0.909 bits per heavy atom. The highest BCUT2D eigenvalue weighted by molar-refractivity contribution is 7.89. The number of sulfonamides is 1. The zero-order valence-electron chi connectivity index (χ0n) is 18.8. The zero-order valence-corrected chi connectivity index (χ0v) is 19.6. The average Bonchev–Trinajstić information content (AvgIpc) is 2.87. The molecule has 0 N–H and O–H groups in total. The number of carbonyl (C=O) groups excluding carboxylic acids is 1. The van der Waals surface area contributed by atoms with E-state index in [2.05, 4.69) is 0 Å². The summed E-state index contributed by atoms with van der Waals surface area (Å²) in [6.07, 6.45) is 0.663. The molecule has 1 aliphatic rings. The number of carbonyl (C=O) groups is 1. The van der Waals surface area contributed by atoms with Gasteiger partial charge in [0.05, 0.1) is 19.1 Å². The van der Waals surface area contributed by atoms with E-state index >= 15 is 0 Å². The topological polar surface area (TPSA) is 76.2 Å². The van der Waals surface area contributed by atoms with E-state index in [0.717, 1.165) is 5.56 Å². The van der Waals surface area contributed by atoms with Crippen molar-refractivity contribution in [3.8, 4) is 11.5 Å². The highest BCUT2D eigenvalue weighted by Gasteiger charge is 2.29. The molecule has 0 aromatic heterocycles. The van der Waals surface area contributed by atoms with Crippen LogP contribution in [-0.4, -0.2) is 46.4 Å². The molecule has 0 unspecified atom stereocenters. The van der Waals surface area contributed by atoms with Crippen molar-refractivity contribution in [1.29, 1.82) is 0 Å². The van der Waals surface area contributed by atoms with Gasteiger partial charge in [-0.2, -0.15) is 4.31 Å². The SMILES string of the molecule is COc1ccc(N(C)C(=O)c2cccc(S(=O)(=O)N3CCc4ccccc4C3)c2)cc1OC. The Morgan fingerprint density at radius 2 is 1.64 bits per heavy atom. The Kier molecular flexibility index (Phi) is 6.40. The van der Waals surface area contributed by atoms with Gasteiger partial charge in [-0.1, -0.05) is 30.3 Å². The van der Waals surface area contributed by atoms with Gasteiger partial charge >= 0.3 is 0 Å². The first-order chi connectivity index (χ1) is 15.8. The van der Waals surface area contributed by atoms with Gasteiger partial charge in [-0.15, -0.1) is 0 Å². The van der Waals surface area contributed by atoms with Crippen LogP contribution in [0.5, 0.6) is 11.5 Å². The van der Waals surface area contributed by atoms with Gasteiger partial charge in [-0.3, -0.25) is 4.79 Å². The molecule has 1 amide bonds. The van der Waals surface area contributed by atoms with Gasteiger partial charge in [0.1, 0.15) is 0 Å². The summed E-state index contributed by atoms with van der Waals surface area (Å²) >= 11 is 0. The quantitative estimate of drug-likeness (QED) is 0.553. The molecule has 172 valence electrons. The molecule has 4 rings (SSSR count). The fourth-order valence-corrected chi connectivity index (χ4v) is 5.42. The molecule has 33 heavy (non-hydrogen) atoms. The van der Waals surface area contributed by atoms with E-state index in [1.165, 1.54) is 34.0 Å². The summed E-state index contributed by atoms with van der Waals surface area (Å²) in [5.74, 6) is 0.720. The molecule has 0 saturated heterocycles. The lowest BCUT2D eigenvalue weighted by molar-refractivity contribution is 0.0992. The maximum atomic E-state index is 13.3. The molecule has 0 radical (unpaired) electrons. The minimum absolute atomic E-state index is 0.105. The number of hydrogen-bond donors (Lipinski definition) is 0. The smallest absolute Gasteiger partial charge is 0.258 e. The van der Waals surface area contributed by atoms with E-state index in [-0.39, 0.29) is 16.4 Å². The summed E-state index contributed by atoms with van der Waals surface area (Å²) in [7, 11) is 0.952. The summed E-state index contributed by atoms with van der Waals surface area (Å²) in [5, 5.41) is 0. The van der Waals surface area contributed by atoms with Crippen molar-refractivity contribution in [2.45, 2.75) is 17.9 Å². The first-order valence-electron chi connectivity index (χ1n) is 10.5. The Labute approximate surface area is 194 Å². The first kappa shape index (κ1) is 22.8. The molecule has 0 spiro atoms. The highest BCUT2D eigenvalue weighted by Crippen LogP contribution is 2.32. The van der Waals surface area contributed by atoms with Gasteiger partial charge in [0.2, 0.25) is 10.0 Å². The minimum Gasteiger partial charge on any atom is -0.493 e. The Morgan fingerprint density at radius 3 is 2.36 bits per heavy atom. The largest absolute Gasteiger partial charge is 0.493 e. The fourth-order valence-electron chi connectivity index (χ4n) is 3.96. The molecule has 0 fully saturated rings. The van der Waals surface area contributed by atoms with Gasteiger partial charge in [0.15, 0.2) is 11.5 Å². The van der Waals surface area contributed by atoms with Gasteiger partial charge in [-0.25, -0.2) is 8.42 Å². The van der Waals surface area contributed by atoms with Crippen molar-refractivity contribution in [2.24, 2.45) is 0 Å². The van der Waals surface area contributed by atoms with Crippen molar-refractivity contribution in [3.63, 3.8) is 0 Å². The third-order valence-corrected chi connectivity index (χ3v) is 7.71. The highest BCUT2D eigenvalue weighted by atomic mass is 32.2. The van der Waals surface area contributed by atoms with Crippen LogP contribution in [0.3, 0.4) is 0 Å². The second-order valence-electron chi connectivity index (χ2n) is 7.79. The fraction of sp³-hybridized carbons (Fsp3) is 0.240. The molecule has 8 heteroatoms. The number of hydrogen-bond acceptors (Lipinski definition) is 5. The Balaban J connectivity index is 1.59. The van der Waals surface area contributed by atoms with Crippen LogP contribution in [0.25, 0.3) is 0 Å². The summed E-state index contributed by atoms with van der Waals surface area (Å²) in [4.78, 5) is 14.7. The van der Waals surface area contributed by atoms with Crippen LogP contribution in [0.4, 0.5) is 5.69 Å². The van der Waals surface area contributed by atoms with E-state index in [4.69, 9.17) is 9.47 Å². The Bertz CT molecular complexity index is 1290. The van der Waals surface area contributed by atoms with Crippen LogP contribution in [0.2, 0.25) is 0 Å². The van der Waals surface area contributed by atoms with Crippen LogP contribution in [0.15, 0.2) is 71.6 Å². The molecule has 1 heterocycles. The number of benzene rings is 3. The molecule has 0 saturated carbocycles. The van der Waals surface area contributed by atoms with Crippen molar-refractivity contribution in [3.05, 3.63) is 83.4 Å². The van der Waals surface area contributed by atoms with Gasteiger partial charge < -0.3 is 14.4 Å². The number of methoxy groups -OCH3 is 2. The normalized spacial score (nSPS) is 13.8. The summed E-state index contributed by atoms with van der Waals surface area (Å²) in [6, 6.07) is 19.2. The lowest BCUT2D eigenvalue weighted by Crippen LogP contribution is -2.36. The summed E-state index contributed by atoms with van der Waals surface area (Å²) in [5.41, 5.74) is 3.06. The van der Waals surface area contributed by atoms with E-state index < -0.39 is 10.0 Å². The lowest BCUT2D eigenvalue weighted by atomic mass is 10.0. The number of nitrogens with zero attached hydrogens (tertiary/aromatic N) is 2. The molecule has 0 bridgehead atoms. The summed E-state index contributed by atoms with van der Waals surface area (Å²) in [6.45, 7) is 0.727. The monoisotopic (exact) mass is 466 g/mol. The maximum Gasteiger partial charge on any atom is 0.258 e. The predicted molar refractivity (Wildman–Crippen MR) is 126 cm³/mol. The third-order valence-electron chi connectivity index (χ3n) is 5.87. The molecule has 3 aromatic carbocycles. The van der Waals surface area contributed by atoms with E-state index in [1.54, 1.807) is 44.5 Å². The summed E-state index contributed by atoms with van der Waals surface area (Å²) < 4.78 is 38.7. The number of amides is 1. The van der Waals surface area contributed by atoms with E-state index in [0.29, 0.717) is 36.7 Å². The van der Waals surface area contributed by atoms with Crippen LogP contribution < -0.4 is 14.4 Å². The van der Waals surface area contributed by atoms with Gasteiger partial charge in [0, 0.05) is 37.5 Å². The van der Waals surface area contributed by atoms with Crippen LogP contribution in [0.1, 0.15) is 21.5 Å². The van der Waals surface area contributed by atoms with E-state index in [9.17, 15) is 13.2 Å². The van der Waals surface area contributed by atoms with Crippen LogP contribution in [-0.2, 0) is 23.0 Å². The first-order valence-corrected chi connectivity index (χ1v) is 12.0. The van der Waals surface area contributed by atoms with Crippen molar-refractivity contribution in [1.82, 2.24) is 4.31 Å². The lowest BCUT2D eigenvalue weighted by Gasteiger charge is -2.28. The third kappa shape index (κ3) is 4.44. The van der Waals surface area contributed by atoms with Gasteiger partial charge in [-0.05, 0) is 47.9 Å². The molecular weight excluding hydrogens is 440 g/mol. The predicted octanol–water partition coefficient (Wildman–Crippen LogP) is 3.73. The molecule has 0 aliphatic carbocycles. The minimum atomic E-state index is -3.74. The number of fused-ring (bicyclic) bond motifs is 1. The molecule has 7 nitrogen and oxygen atoms in total. The molecular formula is C25H26N2O5S. The number of rotatable bonds is 6. The number of ether oxygens (including phenoxy) is 2. The van der Waals surface area contributed by atoms with Crippen molar-refractivity contribution < 1.29 is 22.7 Å². The second-order valence-corrected chi connectivity index (χ2v) is 9.73. The van der Waals surface area contributed by atoms with Gasteiger partial charge in [0.25, 0.3) is 5.91 Å². The zero-order chi connectivity index (χ0) is 23.6. The molecule has 0 atom stereocenters. The van der Waals surface area contributed by atoms with Crippen LogP contribution >= 0.6 is 0 Å². The maximum absolute atomic E-state index is 13.3.